The summed E-state index contributed by atoms with van der Waals surface area (Å²) >= 11 is 0. The van der Waals surface area contributed by atoms with Gasteiger partial charge in [0.25, 0.3) is 5.91 Å². The van der Waals surface area contributed by atoms with Gasteiger partial charge in [-0.25, -0.2) is 0 Å². The fourth-order valence-corrected chi connectivity index (χ4v) is 2.37. The highest BCUT2D eigenvalue weighted by Gasteiger charge is 2.16. The van der Waals surface area contributed by atoms with Crippen molar-refractivity contribution in [3.8, 4) is 0 Å². The molecule has 0 saturated heterocycles. The monoisotopic (exact) mass is 296 g/mol. The predicted molar refractivity (Wildman–Crippen MR) is 81.6 cm³/mol. The average Bonchev–Trinajstić information content (AvgIpc) is 3.11. The van der Waals surface area contributed by atoms with Gasteiger partial charge in [0.15, 0.2) is 5.82 Å². The molecular weight excluding hydrogens is 280 g/mol. The van der Waals surface area contributed by atoms with Gasteiger partial charge in [0.05, 0.1) is 24.0 Å². The molecule has 3 aromatic rings. The van der Waals surface area contributed by atoms with E-state index in [-0.39, 0.29) is 5.91 Å². The largest absolute Gasteiger partial charge is 0.342 e. The van der Waals surface area contributed by atoms with E-state index < -0.39 is 0 Å². The number of aromatic amines is 1. The number of nitrogens with one attached hydrogen (secondary N) is 2. The molecule has 0 fully saturated rings. The quantitative estimate of drug-likeness (QED) is 0.770. The lowest BCUT2D eigenvalue weighted by molar-refractivity contribution is 0.102. The minimum absolute atomic E-state index is 0.200. The molecule has 0 radical (unpaired) electrons. The fraction of sp³-hybridized carbons (Fsp3) is 0.200. The van der Waals surface area contributed by atoms with Crippen molar-refractivity contribution in [3.05, 3.63) is 59.3 Å². The molecule has 7 heteroatoms. The zero-order valence-electron chi connectivity index (χ0n) is 12.4. The third-order valence-electron chi connectivity index (χ3n) is 3.52. The molecule has 1 amide bonds. The van der Waals surface area contributed by atoms with E-state index in [0.717, 1.165) is 17.1 Å². The van der Waals surface area contributed by atoms with Gasteiger partial charge < -0.3 is 9.88 Å². The molecule has 0 unspecified atom stereocenters. The van der Waals surface area contributed by atoms with E-state index in [0.29, 0.717) is 17.9 Å². The Labute approximate surface area is 127 Å². The van der Waals surface area contributed by atoms with Gasteiger partial charge in [0.2, 0.25) is 0 Å². The van der Waals surface area contributed by atoms with Gasteiger partial charge in [0.1, 0.15) is 0 Å². The first-order valence-corrected chi connectivity index (χ1v) is 6.89. The number of pyridine rings is 1. The van der Waals surface area contributed by atoms with Crippen LogP contribution < -0.4 is 5.32 Å². The number of H-pyrrole nitrogens is 1. The van der Waals surface area contributed by atoms with Crippen LogP contribution in [0.5, 0.6) is 0 Å². The van der Waals surface area contributed by atoms with Gasteiger partial charge in [0, 0.05) is 17.6 Å². The molecule has 0 bridgehead atoms. The van der Waals surface area contributed by atoms with Crippen LogP contribution in [0.1, 0.15) is 27.4 Å². The summed E-state index contributed by atoms with van der Waals surface area (Å²) in [6.07, 6.45) is 3.23. The van der Waals surface area contributed by atoms with Crippen molar-refractivity contribution in [1.29, 1.82) is 0 Å². The summed E-state index contributed by atoms with van der Waals surface area (Å²) in [5.41, 5.74) is 3.47. The van der Waals surface area contributed by atoms with Crippen molar-refractivity contribution in [2.45, 2.75) is 20.4 Å². The number of carbonyl (C=O) groups excluding carboxylic acids is 1. The van der Waals surface area contributed by atoms with E-state index in [1.807, 2.05) is 38.1 Å². The molecule has 0 aliphatic carbocycles. The Kier molecular flexibility index (Phi) is 3.69. The SMILES string of the molecule is Cc1cc(C(=O)Nc2cn[nH]n2)c(C)n1Cc1ccccn1. The van der Waals surface area contributed by atoms with Crippen LogP contribution >= 0.6 is 0 Å². The molecule has 3 aromatic heterocycles. The second kappa shape index (κ2) is 5.80. The maximum absolute atomic E-state index is 12.3. The van der Waals surface area contributed by atoms with E-state index in [9.17, 15) is 4.79 Å². The summed E-state index contributed by atoms with van der Waals surface area (Å²) in [4.78, 5) is 16.7. The molecule has 0 aromatic carbocycles. The van der Waals surface area contributed by atoms with Crippen molar-refractivity contribution in [3.63, 3.8) is 0 Å². The van der Waals surface area contributed by atoms with Gasteiger partial charge in [-0.05, 0) is 32.0 Å². The molecule has 0 saturated carbocycles. The third-order valence-corrected chi connectivity index (χ3v) is 3.52. The van der Waals surface area contributed by atoms with Gasteiger partial charge >= 0.3 is 0 Å². The summed E-state index contributed by atoms with van der Waals surface area (Å²) < 4.78 is 2.07. The van der Waals surface area contributed by atoms with E-state index >= 15 is 0 Å². The Hall–Kier alpha value is -2.96. The Morgan fingerprint density at radius 2 is 2.23 bits per heavy atom. The highest BCUT2D eigenvalue weighted by atomic mass is 16.1. The number of hydrogen-bond acceptors (Lipinski definition) is 4. The summed E-state index contributed by atoms with van der Waals surface area (Å²) in [5.74, 6) is 0.203. The first-order chi connectivity index (χ1) is 10.6. The number of carbonyl (C=O) groups is 1. The molecule has 3 rings (SSSR count). The minimum atomic E-state index is -0.200. The smallest absolute Gasteiger partial charge is 0.258 e. The number of rotatable bonds is 4. The van der Waals surface area contributed by atoms with Crippen LogP contribution in [0.25, 0.3) is 0 Å². The summed E-state index contributed by atoms with van der Waals surface area (Å²) in [5, 5.41) is 12.7. The Morgan fingerprint density at radius 3 is 2.91 bits per heavy atom. The second-order valence-corrected chi connectivity index (χ2v) is 5.00. The van der Waals surface area contributed by atoms with E-state index in [2.05, 4.69) is 30.3 Å². The maximum atomic E-state index is 12.3. The normalized spacial score (nSPS) is 10.6. The lowest BCUT2D eigenvalue weighted by atomic mass is 10.2. The van der Waals surface area contributed by atoms with Crippen LogP contribution in [0, 0.1) is 13.8 Å². The highest BCUT2D eigenvalue weighted by Crippen LogP contribution is 2.17. The van der Waals surface area contributed by atoms with E-state index in [1.165, 1.54) is 6.20 Å². The number of nitrogens with zero attached hydrogens (tertiary/aromatic N) is 4. The molecular formula is C15H16N6O. The maximum Gasteiger partial charge on any atom is 0.258 e. The lowest BCUT2D eigenvalue weighted by Crippen LogP contribution is -2.14. The number of amides is 1. The fourth-order valence-electron chi connectivity index (χ4n) is 2.37. The van der Waals surface area contributed by atoms with Crippen LogP contribution in [0.4, 0.5) is 5.82 Å². The summed E-state index contributed by atoms with van der Waals surface area (Å²) in [7, 11) is 0. The first-order valence-electron chi connectivity index (χ1n) is 6.89. The Morgan fingerprint density at radius 1 is 1.36 bits per heavy atom. The van der Waals surface area contributed by atoms with Gasteiger partial charge in [-0.2, -0.15) is 10.3 Å². The van der Waals surface area contributed by atoms with Crippen LogP contribution in [0.15, 0.2) is 36.7 Å². The van der Waals surface area contributed by atoms with Crippen molar-refractivity contribution < 1.29 is 4.79 Å². The van der Waals surface area contributed by atoms with E-state index in [4.69, 9.17) is 0 Å². The standard InChI is InChI=1S/C15H16N6O/c1-10-7-13(15(22)18-14-8-17-20-19-14)11(2)21(10)9-12-5-3-4-6-16-12/h3-8H,9H2,1-2H3,(H2,17,18,19,20,22). The van der Waals surface area contributed by atoms with Crippen LogP contribution in [-0.2, 0) is 6.54 Å². The topological polar surface area (TPSA) is 88.5 Å². The van der Waals surface area contributed by atoms with Crippen molar-refractivity contribution >= 4 is 11.7 Å². The van der Waals surface area contributed by atoms with Crippen molar-refractivity contribution in [2.75, 3.05) is 5.32 Å². The zero-order chi connectivity index (χ0) is 15.5. The molecule has 2 N–H and O–H groups in total. The predicted octanol–water partition coefficient (Wildman–Crippen LogP) is 1.92. The molecule has 0 spiro atoms. The van der Waals surface area contributed by atoms with Crippen LogP contribution in [0.3, 0.4) is 0 Å². The number of hydrogen-bond donors (Lipinski definition) is 2. The Balaban J connectivity index is 1.85. The molecule has 22 heavy (non-hydrogen) atoms. The van der Waals surface area contributed by atoms with Gasteiger partial charge in [-0.3, -0.25) is 9.78 Å². The number of anilines is 1. The second-order valence-electron chi connectivity index (χ2n) is 5.00. The molecule has 3 heterocycles. The van der Waals surface area contributed by atoms with Crippen LogP contribution in [0.2, 0.25) is 0 Å². The minimum Gasteiger partial charge on any atom is -0.342 e. The molecule has 7 nitrogen and oxygen atoms in total. The molecule has 0 aliphatic heterocycles. The zero-order valence-corrected chi connectivity index (χ0v) is 12.4. The molecule has 112 valence electrons. The average molecular weight is 296 g/mol. The number of aryl methyl sites for hydroxylation is 1. The van der Waals surface area contributed by atoms with Gasteiger partial charge in [-0.1, -0.05) is 6.07 Å². The Bertz CT molecular complexity index is 776. The number of aromatic nitrogens is 5. The molecule has 0 atom stereocenters. The first kappa shape index (κ1) is 14.0. The summed E-state index contributed by atoms with van der Waals surface area (Å²) in [6.45, 7) is 4.53. The van der Waals surface area contributed by atoms with E-state index in [1.54, 1.807) is 6.20 Å². The highest BCUT2D eigenvalue weighted by molar-refractivity contribution is 6.04. The lowest BCUT2D eigenvalue weighted by Gasteiger charge is -2.09. The molecule has 0 aliphatic rings. The van der Waals surface area contributed by atoms with Gasteiger partial charge in [-0.15, -0.1) is 5.10 Å². The van der Waals surface area contributed by atoms with Crippen LogP contribution in [-0.4, -0.2) is 30.9 Å². The van der Waals surface area contributed by atoms with Crippen molar-refractivity contribution in [2.24, 2.45) is 0 Å². The van der Waals surface area contributed by atoms with Crippen molar-refractivity contribution in [1.82, 2.24) is 25.0 Å². The third kappa shape index (κ3) is 2.73. The summed E-state index contributed by atoms with van der Waals surface area (Å²) in [6, 6.07) is 7.67.